The highest BCUT2D eigenvalue weighted by Crippen LogP contribution is 2.23. The van der Waals surface area contributed by atoms with E-state index < -0.39 is 17.5 Å². The lowest BCUT2D eigenvalue weighted by Crippen LogP contribution is -2.19. The molecule has 23 heavy (non-hydrogen) atoms. The zero-order chi connectivity index (χ0) is 16.4. The number of hydroxylamine groups is 1. The number of hydrogen-bond acceptors (Lipinski definition) is 6. The number of hydrogen-bond donors (Lipinski definition) is 2. The molecule has 0 atom stereocenters. The van der Waals surface area contributed by atoms with Gasteiger partial charge in [0.2, 0.25) is 0 Å². The number of halogens is 2. The van der Waals surface area contributed by atoms with Crippen molar-refractivity contribution >= 4 is 17.2 Å². The monoisotopic (exact) mass is 337 g/mol. The molecule has 3 rings (SSSR count). The summed E-state index contributed by atoms with van der Waals surface area (Å²) < 4.78 is 29.4. The van der Waals surface area contributed by atoms with Gasteiger partial charge in [-0.25, -0.2) is 18.9 Å². The van der Waals surface area contributed by atoms with Gasteiger partial charge in [-0.15, -0.1) is 16.4 Å². The Balaban J connectivity index is 1.96. The number of thiophene rings is 1. The van der Waals surface area contributed by atoms with Crippen LogP contribution in [0.5, 0.6) is 0 Å². The molecule has 7 nitrogen and oxygen atoms in total. The molecule has 10 heteroatoms. The van der Waals surface area contributed by atoms with Crippen molar-refractivity contribution in [3.05, 3.63) is 52.4 Å². The average molecular weight is 337 g/mol. The minimum Gasteiger partial charge on any atom is -0.288 e. The van der Waals surface area contributed by atoms with Crippen molar-refractivity contribution in [2.75, 3.05) is 0 Å². The Morgan fingerprint density at radius 2 is 2.09 bits per heavy atom. The van der Waals surface area contributed by atoms with Crippen LogP contribution < -0.4 is 5.48 Å². The fourth-order valence-electron chi connectivity index (χ4n) is 1.99. The summed E-state index contributed by atoms with van der Waals surface area (Å²) in [5, 5.41) is 21.4. The van der Waals surface area contributed by atoms with Crippen LogP contribution in [0.4, 0.5) is 8.78 Å². The number of tetrazole rings is 1. The van der Waals surface area contributed by atoms with Crippen molar-refractivity contribution < 1.29 is 18.8 Å². The van der Waals surface area contributed by atoms with E-state index in [4.69, 9.17) is 5.21 Å². The van der Waals surface area contributed by atoms with Gasteiger partial charge in [0.1, 0.15) is 11.6 Å². The number of aromatic nitrogens is 4. The lowest BCUT2D eigenvalue weighted by molar-refractivity contribution is 0.0705. The minimum atomic E-state index is -1.00. The van der Waals surface area contributed by atoms with Gasteiger partial charge in [-0.05, 0) is 34.0 Å². The Bertz CT molecular complexity index is 827. The summed E-state index contributed by atoms with van der Waals surface area (Å²) in [5.74, 6) is -2.49. The summed E-state index contributed by atoms with van der Waals surface area (Å²) in [7, 11) is 0. The van der Waals surface area contributed by atoms with Gasteiger partial charge in [-0.1, -0.05) is 6.07 Å². The largest absolute Gasteiger partial charge is 0.288 e. The molecule has 0 aliphatic heterocycles. The van der Waals surface area contributed by atoms with E-state index in [1.54, 1.807) is 6.07 Å². The zero-order valence-electron chi connectivity index (χ0n) is 11.4. The minimum absolute atomic E-state index is 0.237. The maximum atomic E-state index is 14.1. The highest BCUT2D eigenvalue weighted by molar-refractivity contribution is 7.13. The van der Waals surface area contributed by atoms with Crippen LogP contribution in [0.15, 0.2) is 29.6 Å². The Labute approximate surface area is 132 Å². The van der Waals surface area contributed by atoms with Crippen LogP contribution in [0.2, 0.25) is 0 Å². The van der Waals surface area contributed by atoms with Gasteiger partial charge in [0.25, 0.3) is 5.91 Å². The standard InChI is InChI=1S/C13H9F2N5O2S/c14-9-4-7(13(21)17-22)5-10(15)8(9)6-20-12(16-18-19-20)11-2-1-3-23-11/h1-5,22H,6H2,(H,17,21). The zero-order valence-corrected chi connectivity index (χ0v) is 12.2. The SMILES string of the molecule is O=C(NO)c1cc(F)c(Cn2nnnc2-c2cccs2)c(F)c1. The second-order valence-corrected chi connectivity index (χ2v) is 5.44. The summed E-state index contributed by atoms with van der Waals surface area (Å²) in [5.41, 5.74) is 0.701. The van der Waals surface area contributed by atoms with Gasteiger partial charge in [0, 0.05) is 11.1 Å². The normalized spacial score (nSPS) is 10.7. The molecule has 0 unspecified atom stereocenters. The molecule has 1 aromatic carbocycles. The Morgan fingerprint density at radius 3 is 2.70 bits per heavy atom. The van der Waals surface area contributed by atoms with Crippen LogP contribution in [0.3, 0.4) is 0 Å². The number of carbonyl (C=O) groups is 1. The summed E-state index contributed by atoms with van der Waals surface area (Å²) in [6.07, 6.45) is 0. The lowest BCUT2D eigenvalue weighted by Gasteiger charge is -2.08. The van der Waals surface area contributed by atoms with Gasteiger partial charge in [-0.2, -0.15) is 0 Å². The molecule has 0 saturated heterocycles. The molecule has 0 fully saturated rings. The quantitative estimate of drug-likeness (QED) is 0.560. The lowest BCUT2D eigenvalue weighted by atomic mass is 10.1. The molecular formula is C13H9F2N5O2S. The average Bonchev–Trinajstić information content (AvgIpc) is 3.20. The molecule has 0 saturated carbocycles. The maximum Gasteiger partial charge on any atom is 0.274 e. The fraction of sp³-hybridized carbons (Fsp3) is 0.0769. The molecule has 2 heterocycles. The molecular weight excluding hydrogens is 328 g/mol. The molecule has 1 amide bonds. The predicted octanol–water partition coefficient (Wildman–Crippen LogP) is 1.85. The van der Waals surface area contributed by atoms with Crippen LogP contribution >= 0.6 is 11.3 Å². The van der Waals surface area contributed by atoms with Crippen LogP contribution in [0.25, 0.3) is 10.7 Å². The number of amides is 1. The highest BCUT2D eigenvalue weighted by atomic mass is 32.1. The summed E-state index contributed by atoms with van der Waals surface area (Å²) in [6, 6.07) is 5.26. The Kier molecular flexibility index (Phi) is 4.08. The first-order valence-electron chi connectivity index (χ1n) is 6.32. The highest BCUT2D eigenvalue weighted by Gasteiger charge is 2.18. The third-order valence-electron chi connectivity index (χ3n) is 3.09. The first-order valence-corrected chi connectivity index (χ1v) is 7.20. The fourth-order valence-corrected chi connectivity index (χ4v) is 2.71. The van der Waals surface area contributed by atoms with E-state index in [9.17, 15) is 13.6 Å². The van der Waals surface area contributed by atoms with Crippen molar-refractivity contribution in [3.8, 4) is 10.7 Å². The second kappa shape index (κ2) is 6.18. The van der Waals surface area contributed by atoms with E-state index in [1.165, 1.54) is 21.5 Å². The number of benzene rings is 1. The van der Waals surface area contributed by atoms with Gasteiger partial charge >= 0.3 is 0 Å². The third-order valence-corrected chi connectivity index (χ3v) is 3.95. The number of nitrogens with zero attached hydrogens (tertiary/aromatic N) is 4. The molecule has 0 radical (unpaired) electrons. The first-order chi connectivity index (χ1) is 11.1. The van der Waals surface area contributed by atoms with Crippen molar-refractivity contribution in [2.24, 2.45) is 0 Å². The van der Waals surface area contributed by atoms with Crippen molar-refractivity contribution in [1.82, 2.24) is 25.7 Å². The number of carbonyl (C=O) groups excluding carboxylic acids is 1. The molecule has 0 spiro atoms. The molecule has 0 aliphatic carbocycles. The summed E-state index contributed by atoms with van der Waals surface area (Å²) >= 11 is 1.39. The van der Waals surface area contributed by atoms with Crippen molar-refractivity contribution in [1.29, 1.82) is 0 Å². The number of rotatable bonds is 4. The van der Waals surface area contributed by atoms with Crippen LogP contribution in [-0.2, 0) is 6.54 Å². The third kappa shape index (κ3) is 2.94. The molecule has 3 aromatic rings. The smallest absolute Gasteiger partial charge is 0.274 e. The van der Waals surface area contributed by atoms with Gasteiger partial charge in [-0.3, -0.25) is 10.0 Å². The van der Waals surface area contributed by atoms with Crippen LogP contribution in [0.1, 0.15) is 15.9 Å². The predicted molar refractivity (Wildman–Crippen MR) is 75.8 cm³/mol. The van der Waals surface area contributed by atoms with Crippen LogP contribution in [-0.4, -0.2) is 31.3 Å². The Morgan fingerprint density at radius 1 is 1.35 bits per heavy atom. The molecule has 118 valence electrons. The Hall–Kier alpha value is -2.72. The van der Waals surface area contributed by atoms with Gasteiger partial charge in [0.05, 0.1) is 11.4 Å². The van der Waals surface area contributed by atoms with E-state index in [2.05, 4.69) is 15.5 Å². The van der Waals surface area contributed by atoms with E-state index in [0.29, 0.717) is 5.82 Å². The number of nitrogens with one attached hydrogen (secondary N) is 1. The van der Waals surface area contributed by atoms with E-state index in [-0.39, 0.29) is 17.7 Å². The molecule has 2 aromatic heterocycles. The first kappa shape index (κ1) is 15.2. The second-order valence-electron chi connectivity index (χ2n) is 4.50. The topological polar surface area (TPSA) is 92.9 Å². The maximum absolute atomic E-state index is 14.1. The van der Waals surface area contributed by atoms with Crippen LogP contribution in [0, 0.1) is 11.6 Å². The summed E-state index contributed by atoms with van der Waals surface area (Å²) in [4.78, 5) is 12.0. The van der Waals surface area contributed by atoms with Crippen molar-refractivity contribution in [2.45, 2.75) is 6.54 Å². The molecule has 2 N–H and O–H groups in total. The molecule has 0 aliphatic rings. The van der Waals surface area contributed by atoms with E-state index in [1.807, 2.05) is 11.4 Å². The van der Waals surface area contributed by atoms with Gasteiger partial charge < -0.3 is 0 Å². The van der Waals surface area contributed by atoms with Crippen molar-refractivity contribution in [3.63, 3.8) is 0 Å². The molecule has 0 bridgehead atoms. The summed E-state index contributed by atoms with van der Waals surface area (Å²) in [6.45, 7) is -0.237. The van der Waals surface area contributed by atoms with Gasteiger partial charge in [0.15, 0.2) is 5.82 Å². The van der Waals surface area contributed by atoms with E-state index >= 15 is 0 Å². The van der Waals surface area contributed by atoms with E-state index in [0.717, 1.165) is 17.0 Å².